The fourth-order valence-electron chi connectivity index (χ4n) is 5.27. The van der Waals surface area contributed by atoms with E-state index in [4.69, 9.17) is 5.14 Å². The summed E-state index contributed by atoms with van der Waals surface area (Å²) in [7, 11) is -4.30. The van der Waals surface area contributed by atoms with Crippen molar-refractivity contribution in [2.45, 2.75) is 43.7 Å². The van der Waals surface area contributed by atoms with Gasteiger partial charge in [-0.2, -0.15) is 0 Å². The van der Waals surface area contributed by atoms with Gasteiger partial charge in [-0.15, -0.1) is 0 Å². The van der Waals surface area contributed by atoms with Gasteiger partial charge < -0.3 is 9.80 Å². The predicted molar refractivity (Wildman–Crippen MR) is 133 cm³/mol. The number of nitrogens with zero attached hydrogens (tertiary/aromatic N) is 3. The Morgan fingerprint density at radius 3 is 2.44 bits per heavy atom. The molecule has 0 radical (unpaired) electrons. The SMILES string of the molecule is C[C@H]1Cc2cc(F)c(S(N)(=O)=O)cc2N1C(=O)[C@@H]1CN(c2ccc(-c3ccccn3)cc2F)C1(C)C. The fourth-order valence-corrected chi connectivity index (χ4v) is 5.87. The van der Waals surface area contributed by atoms with E-state index in [1.807, 2.05) is 31.7 Å². The largest absolute Gasteiger partial charge is 0.362 e. The average molecular weight is 513 g/mol. The van der Waals surface area contributed by atoms with Crippen LogP contribution >= 0.6 is 0 Å². The zero-order chi connectivity index (χ0) is 26.0. The Morgan fingerprint density at radius 1 is 1.08 bits per heavy atom. The molecular weight excluding hydrogens is 486 g/mol. The molecule has 0 saturated carbocycles. The van der Waals surface area contributed by atoms with Crippen molar-refractivity contribution in [3.8, 4) is 11.3 Å². The van der Waals surface area contributed by atoms with Gasteiger partial charge in [-0.1, -0.05) is 12.1 Å². The molecule has 0 bridgehead atoms. The van der Waals surface area contributed by atoms with Crippen molar-refractivity contribution < 1.29 is 22.0 Å². The number of sulfonamides is 1. The molecule has 36 heavy (non-hydrogen) atoms. The van der Waals surface area contributed by atoms with Crippen LogP contribution in [0.15, 0.2) is 59.6 Å². The van der Waals surface area contributed by atoms with Gasteiger partial charge in [0.2, 0.25) is 15.9 Å². The van der Waals surface area contributed by atoms with Crippen molar-refractivity contribution in [2.75, 3.05) is 16.3 Å². The number of amides is 1. The maximum atomic E-state index is 15.2. The summed E-state index contributed by atoms with van der Waals surface area (Å²) in [5.41, 5.74) is 1.88. The molecule has 1 saturated heterocycles. The van der Waals surface area contributed by atoms with Crippen LogP contribution in [0.1, 0.15) is 26.3 Å². The molecule has 1 aromatic heterocycles. The van der Waals surface area contributed by atoms with E-state index >= 15 is 4.39 Å². The minimum absolute atomic E-state index is 0.222. The van der Waals surface area contributed by atoms with Crippen molar-refractivity contribution in [2.24, 2.45) is 11.1 Å². The lowest BCUT2D eigenvalue weighted by atomic mass is 9.75. The first-order valence-electron chi connectivity index (χ1n) is 11.6. The summed E-state index contributed by atoms with van der Waals surface area (Å²) >= 11 is 0. The first kappa shape index (κ1) is 24.3. The maximum Gasteiger partial charge on any atom is 0.241 e. The zero-order valence-corrected chi connectivity index (χ0v) is 20.9. The topological polar surface area (TPSA) is 96.6 Å². The molecule has 188 valence electrons. The Labute approximate surface area is 208 Å². The normalized spacial score (nSPS) is 20.7. The molecule has 2 aromatic carbocycles. The lowest BCUT2D eigenvalue weighted by molar-refractivity contribution is -0.126. The quantitative estimate of drug-likeness (QED) is 0.573. The number of carbonyl (C=O) groups is 1. The maximum absolute atomic E-state index is 15.2. The second-order valence-corrected chi connectivity index (χ2v) is 11.4. The van der Waals surface area contributed by atoms with Gasteiger partial charge >= 0.3 is 0 Å². The van der Waals surface area contributed by atoms with Crippen LogP contribution in [-0.4, -0.2) is 37.4 Å². The standard InChI is InChI=1S/C26H26F2N4O3S/c1-15-10-17-12-20(28)24(36(29,34)35)13-23(17)32(15)25(33)18-14-31(26(18,2)3)22-8-7-16(11-19(22)27)21-6-4-5-9-30-21/h4-9,11-13,15,18H,10,14H2,1-3H3,(H2,29,34,35)/t15-,18-/m0/s1. The number of pyridine rings is 1. The van der Waals surface area contributed by atoms with E-state index in [0.29, 0.717) is 34.6 Å². The highest BCUT2D eigenvalue weighted by molar-refractivity contribution is 7.89. The van der Waals surface area contributed by atoms with Crippen molar-refractivity contribution >= 4 is 27.3 Å². The zero-order valence-electron chi connectivity index (χ0n) is 20.1. The number of anilines is 2. The van der Waals surface area contributed by atoms with E-state index in [1.54, 1.807) is 30.5 Å². The molecule has 1 amide bonds. The third-order valence-electron chi connectivity index (χ3n) is 7.30. The Hall–Kier alpha value is -3.37. The first-order chi connectivity index (χ1) is 16.9. The highest BCUT2D eigenvalue weighted by Crippen LogP contribution is 2.45. The van der Waals surface area contributed by atoms with Crippen LogP contribution in [0.5, 0.6) is 0 Å². The first-order valence-corrected chi connectivity index (χ1v) is 13.1. The Balaban J connectivity index is 1.42. The number of fused-ring (bicyclic) bond motifs is 1. The van der Waals surface area contributed by atoms with Crippen molar-refractivity contribution in [3.05, 3.63) is 71.9 Å². The summed E-state index contributed by atoms with van der Waals surface area (Å²) in [5.74, 6) is -2.05. The van der Waals surface area contributed by atoms with Gasteiger partial charge in [0.25, 0.3) is 0 Å². The minimum Gasteiger partial charge on any atom is -0.362 e. The van der Waals surface area contributed by atoms with Crippen molar-refractivity contribution in [1.82, 2.24) is 4.98 Å². The second-order valence-electron chi connectivity index (χ2n) is 9.92. The van der Waals surface area contributed by atoms with Crippen LogP contribution in [0, 0.1) is 17.6 Å². The number of carbonyl (C=O) groups excluding carboxylic acids is 1. The molecule has 2 atom stereocenters. The van der Waals surface area contributed by atoms with Crippen LogP contribution in [0.3, 0.4) is 0 Å². The molecule has 2 aliphatic heterocycles. The number of halogens is 2. The van der Waals surface area contributed by atoms with Gasteiger partial charge in [0.1, 0.15) is 16.5 Å². The molecule has 3 heterocycles. The molecule has 0 unspecified atom stereocenters. The molecular formula is C26H26F2N4O3S. The van der Waals surface area contributed by atoms with E-state index in [2.05, 4.69) is 4.98 Å². The van der Waals surface area contributed by atoms with Crippen LogP contribution in [0.2, 0.25) is 0 Å². The van der Waals surface area contributed by atoms with Gasteiger partial charge in [0.05, 0.1) is 17.3 Å². The van der Waals surface area contributed by atoms with E-state index in [1.165, 1.54) is 11.0 Å². The van der Waals surface area contributed by atoms with Crippen LogP contribution in [-0.2, 0) is 21.2 Å². The Morgan fingerprint density at radius 2 is 1.83 bits per heavy atom. The Bertz CT molecular complexity index is 1480. The smallest absolute Gasteiger partial charge is 0.241 e. The number of hydrogen-bond acceptors (Lipinski definition) is 5. The van der Waals surface area contributed by atoms with E-state index in [9.17, 15) is 17.6 Å². The molecule has 7 nitrogen and oxygen atoms in total. The molecule has 5 rings (SSSR count). The summed E-state index contributed by atoms with van der Waals surface area (Å²) < 4.78 is 53.2. The van der Waals surface area contributed by atoms with Crippen LogP contribution < -0.4 is 14.9 Å². The molecule has 0 spiro atoms. The summed E-state index contributed by atoms with van der Waals surface area (Å²) in [6, 6.07) is 12.3. The number of nitrogens with two attached hydrogens (primary N) is 1. The van der Waals surface area contributed by atoms with Gasteiger partial charge in [-0.25, -0.2) is 22.3 Å². The lowest BCUT2D eigenvalue weighted by Gasteiger charge is -2.56. The van der Waals surface area contributed by atoms with Gasteiger partial charge in [-0.3, -0.25) is 9.78 Å². The molecule has 0 aliphatic carbocycles. The molecule has 3 aromatic rings. The predicted octanol–water partition coefficient (Wildman–Crippen LogP) is 3.87. The minimum atomic E-state index is -4.30. The van der Waals surface area contributed by atoms with Gasteiger partial charge in [0, 0.05) is 35.6 Å². The fraction of sp³-hybridized carbons (Fsp3) is 0.308. The van der Waals surface area contributed by atoms with Crippen molar-refractivity contribution in [1.29, 1.82) is 0 Å². The molecule has 2 aliphatic rings. The number of aromatic nitrogens is 1. The number of primary sulfonamides is 1. The third-order valence-corrected chi connectivity index (χ3v) is 8.23. The molecule has 2 N–H and O–H groups in total. The lowest BCUT2D eigenvalue weighted by Crippen LogP contribution is -2.69. The van der Waals surface area contributed by atoms with Crippen LogP contribution in [0.25, 0.3) is 11.3 Å². The summed E-state index contributed by atoms with van der Waals surface area (Å²) in [6.45, 7) is 5.85. The van der Waals surface area contributed by atoms with E-state index in [0.717, 1.165) is 12.1 Å². The highest BCUT2D eigenvalue weighted by Gasteiger charge is 2.53. The van der Waals surface area contributed by atoms with E-state index in [-0.39, 0.29) is 18.5 Å². The third kappa shape index (κ3) is 3.84. The number of benzene rings is 2. The van der Waals surface area contributed by atoms with Gasteiger partial charge in [-0.05, 0) is 69.2 Å². The number of rotatable bonds is 4. The molecule has 1 fully saturated rings. The van der Waals surface area contributed by atoms with Crippen LogP contribution in [0.4, 0.5) is 20.2 Å². The second kappa shape index (κ2) is 8.35. The highest BCUT2D eigenvalue weighted by atomic mass is 32.2. The van der Waals surface area contributed by atoms with E-state index < -0.39 is 38.0 Å². The monoisotopic (exact) mass is 512 g/mol. The average Bonchev–Trinajstić information content (AvgIpc) is 3.13. The number of hydrogen-bond donors (Lipinski definition) is 1. The molecule has 10 heteroatoms. The van der Waals surface area contributed by atoms with Gasteiger partial charge in [0.15, 0.2) is 0 Å². The summed E-state index contributed by atoms with van der Waals surface area (Å²) in [6.07, 6.45) is 2.04. The van der Waals surface area contributed by atoms with Crippen molar-refractivity contribution in [3.63, 3.8) is 0 Å². The summed E-state index contributed by atoms with van der Waals surface area (Å²) in [4.78, 5) is 20.7. The Kier molecular flexibility index (Phi) is 5.64. The summed E-state index contributed by atoms with van der Waals surface area (Å²) in [5, 5.41) is 5.18.